The van der Waals surface area contributed by atoms with Crippen molar-refractivity contribution in [3.05, 3.63) is 0 Å². The van der Waals surface area contributed by atoms with Crippen molar-refractivity contribution in [3.8, 4) is 0 Å². The van der Waals surface area contributed by atoms with E-state index >= 15 is 0 Å². The van der Waals surface area contributed by atoms with Gasteiger partial charge in [-0.1, -0.05) is 107 Å². The number of unbranched alkanes of at least 4 members (excludes halogenated alkanes) is 9. The van der Waals surface area contributed by atoms with E-state index < -0.39 is 0 Å². The van der Waals surface area contributed by atoms with Crippen LogP contribution in [0.3, 0.4) is 0 Å². The smallest absolute Gasteiger partial charge is 0.307 e. The lowest BCUT2D eigenvalue weighted by Gasteiger charge is -2.45. The van der Waals surface area contributed by atoms with Gasteiger partial charge in [-0.25, -0.2) is 0 Å². The molecular formula is C52H92N2O6. The molecular weight excluding hydrogens is 749 g/mol. The summed E-state index contributed by atoms with van der Waals surface area (Å²) in [5.74, 6) is 3.56. The van der Waals surface area contributed by atoms with Crippen molar-refractivity contribution in [3.63, 3.8) is 0 Å². The van der Waals surface area contributed by atoms with E-state index in [2.05, 4.69) is 66.0 Å². The molecule has 8 nitrogen and oxygen atoms in total. The van der Waals surface area contributed by atoms with Crippen LogP contribution >= 0.6 is 0 Å². The zero-order chi connectivity index (χ0) is 43.3. The molecule has 8 heteroatoms. The first-order valence-corrected chi connectivity index (χ1v) is 25.5. The van der Waals surface area contributed by atoms with Crippen molar-refractivity contribution in [2.24, 2.45) is 57.2 Å². The van der Waals surface area contributed by atoms with E-state index in [1.807, 2.05) is 13.8 Å². The minimum Gasteiger partial charge on any atom is -0.466 e. The summed E-state index contributed by atoms with van der Waals surface area (Å²) in [5, 5.41) is 7.72. The molecule has 0 bridgehead atoms. The van der Waals surface area contributed by atoms with Crippen LogP contribution in [0.5, 0.6) is 0 Å². The highest BCUT2D eigenvalue weighted by molar-refractivity contribution is 5.70. The number of carbonyl (C=O) groups is 2. The first-order chi connectivity index (χ1) is 28.4. The van der Waals surface area contributed by atoms with Crippen LogP contribution in [0.25, 0.3) is 0 Å². The molecule has 2 saturated heterocycles. The van der Waals surface area contributed by atoms with Crippen molar-refractivity contribution >= 4 is 11.9 Å². The minimum absolute atomic E-state index is 0.0220. The first-order valence-electron chi connectivity index (χ1n) is 25.5. The second kappa shape index (κ2) is 20.7. The molecule has 0 amide bonds. The molecule has 0 aromatic rings. The third kappa shape index (κ3) is 12.7. The van der Waals surface area contributed by atoms with Crippen LogP contribution in [0.15, 0.2) is 0 Å². The summed E-state index contributed by atoms with van der Waals surface area (Å²) >= 11 is 0. The number of carbonyl (C=O) groups excluding carboxylic acids is 2. The molecule has 2 aliphatic heterocycles. The Balaban J connectivity index is 0.873. The molecule has 0 spiro atoms. The maximum absolute atomic E-state index is 12.9. The number of hydrogen-bond donors (Lipinski definition) is 2. The van der Waals surface area contributed by atoms with Crippen LogP contribution in [0.1, 0.15) is 198 Å². The molecule has 6 rings (SSSR count). The molecule has 2 unspecified atom stereocenters. The lowest BCUT2D eigenvalue weighted by Crippen LogP contribution is -2.54. The van der Waals surface area contributed by atoms with Crippen molar-refractivity contribution in [2.45, 2.75) is 234 Å². The molecule has 4 saturated carbocycles. The maximum atomic E-state index is 12.9. The zero-order valence-corrected chi connectivity index (χ0v) is 40.3. The van der Waals surface area contributed by atoms with Gasteiger partial charge in [-0.3, -0.25) is 9.59 Å². The Morgan fingerprint density at radius 3 is 1.12 bits per heavy atom. The van der Waals surface area contributed by atoms with Gasteiger partial charge < -0.3 is 29.6 Å². The van der Waals surface area contributed by atoms with Gasteiger partial charge in [-0.15, -0.1) is 0 Å². The number of ether oxygens (including phenoxy) is 4. The van der Waals surface area contributed by atoms with E-state index in [0.29, 0.717) is 95.4 Å². The Kier molecular flexibility index (Phi) is 16.7. The highest BCUT2D eigenvalue weighted by Crippen LogP contribution is 2.61. The molecule has 60 heavy (non-hydrogen) atoms. The molecule has 2 N–H and O–H groups in total. The third-order valence-electron chi connectivity index (χ3n) is 16.5. The third-order valence-corrected chi connectivity index (χ3v) is 16.5. The summed E-state index contributed by atoms with van der Waals surface area (Å²) in [7, 11) is 0. The highest BCUT2D eigenvalue weighted by Gasteiger charge is 2.59. The molecule has 0 aromatic carbocycles. The quantitative estimate of drug-likeness (QED) is 0.0776. The van der Waals surface area contributed by atoms with E-state index in [9.17, 15) is 9.59 Å². The SMILES string of the molecule is CCOC(=O)CC(NCCCCCCCCCCCCNC(CC(=O)OCC)[C@H]1O[C@@H]2CC(C)(C)C[C@@H]2[C@H]2CC(C)(C)C[C@H]21)[C@H]1O[C@@H]2CC(C)(C)C[C@@H]2[C@H]2CC(C)(C)C[C@H]21. The predicted molar refractivity (Wildman–Crippen MR) is 243 cm³/mol. The van der Waals surface area contributed by atoms with Gasteiger partial charge in [0.15, 0.2) is 0 Å². The number of hydrogen-bond acceptors (Lipinski definition) is 8. The highest BCUT2D eigenvalue weighted by atomic mass is 16.5. The average Bonchev–Trinajstić information content (AvgIpc) is 3.86. The Morgan fingerprint density at radius 2 is 0.767 bits per heavy atom. The molecule has 6 fully saturated rings. The van der Waals surface area contributed by atoms with E-state index in [-0.39, 0.29) is 36.2 Å². The molecule has 2 heterocycles. The van der Waals surface area contributed by atoms with Crippen LogP contribution in [0.4, 0.5) is 0 Å². The van der Waals surface area contributed by atoms with Gasteiger partial charge in [0.2, 0.25) is 0 Å². The second-order valence-electron chi connectivity index (χ2n) is 24.2. The average molecular weight is 841 g/mol. The molecule has 0 radical (unpaired) electrons. The zero-order valence-electron chi connectivity index (χ0n) is 40.3. The summed E-state index contributed by atoms with van der Waals surface area (Å²) in [5.41, 5.74) is 1.33. The Hall–Kier alpha value is -1.22. The normalized spacial score (nSPS) is 35.2. The summed E-state index contributed by atoms with van der Waals surface area (Å²) in [6.45, 7) is 26.0. The number of rotatable bonds is 23. The minimum atomic E-state index is -0.0953. The summed E-state index contributed by atoms with van der Waals surface area (Å²) in [6.07, 6.45) is 23.9. The number of esters is 2. The Bertz CT molecular complexity index is 1280. The van der Waals surface area contributed by atoms with Gasteiger partial charge in [0.1, 0.15) is 0 Å². The van der Waals surface area contributed by atoms with Gasteiger partial charge in [0.05, 0.1) is 50.5 Å². The Labute approximate surface area is 367 Å². The van der Waals surface area contributed by atoms with Crippen LogP contribution in [0.2, 0.25) is 0 Å². The summed E-state index contributed by atoms with van der Waals surface area (Å²) in [4.78, 5) is 25.8. The van der Waals surface area contributed by atoms with Crippen LogP contribution in [-0.4, -0.2) is 74.7 Å². The molecule has 0 aromatic heterocycles. The van der Waals surface area contributed by atoms with Crippen LogP contribution < -0.4 is 10.6 Å². The second-order valence-corrected chi connectivity index (χ2v) is 24.2. The summed E-state index contributed by atoms with van der Waals surface area (Å²) in [6, 6.07) is 0.0440. The van der Waals surface area contributed by atoms with Crippen molar-refractivity contribution < 1.29 is 28.5 Å². The van der Waals surface area contributed by atoms with E-state index in [0.717, 1.165) is 38.8 Å². The van der Waals surface area contributed by atoms with Gasteiger partial charge in [0, 0.05) is 12.1 Å². The predicted octanol–water partition coefficient (Wildman–Crippen LogP) is 11.2. The van der Waals surface area contributed by atoms with E-state index in [1.165, 1.54) is 89.9 Å². The largest absolute Gasteiger partial charge is 0.466 e. The fraction of sp³-hybridized carbons (Fsp3) is 0.962. The summed E-state index contributed by atoms with van der Waals surface area (Å²) < 4.78 is 25.1. The maximum Gasteiger partial charge on any atom is 0.307 e. The molecule has 346 valence electrons. The van der Waals surface area contributed by atoms with Crippen molar-refractivity contribution in [1.82, 2.24) is 10.6 Å². The Morgan fingerprint density at radius 1 is 0.467 bits per heavy atom. The van der Waals surface area contributed by atoms with Gasteiger partial charge in [0.25, 0.3) is 0 Å². The first kappa shape index (κ1) is 48.2. The van der Waals surface area contributed by atoms with E-state index in [4.69, 9.17) is 18.9 Å². The van der Waals surface area contributed by atoms with Crippen LogP contribution in [0, 0.1) is 57.2 Å². The molecule has 4 aliphatic carbocycles. The number of fused-ring (bicyclic) bond motifs is 6. The standard InChI is InChI=1S/C52H92N2O6/c1-11-57-45(55)25-41(47-39-31-49(3,4)27-35(39)37-29-51(7,8)33-43(37)59-47)53-23-21-19-17-15-13-14-16-18-20-22-24-54-42(26-46(56)58-12-2)48-40-32-50(5,6)28-36(40)38-30-52(9,10)34-44(38)60-48/h35-44,47-48,53-54H,11-34H2,1-10H3/t35-,36-,37-,38-,39-,40-,41?,42?,43-,44-,47+,48+/m1/s1. The van der Waals surface area contributed by atoms with E-state index in [1.54, 1.807) is 0 Å². The van der Waals surface area contributed by atoms with Gasteiger partial charge in [-0.2, -0.15) is 0 Å². The van der Waals surface area contributed by atoms with Gasteiger partial charge >= 0.3 is 11.9 Å². The fourth-order valence-corrected chi connectivity index (χ4v) is 14.3. The van der Waals surface area contributed by atoms with Crippen LogP contribution in [-0.2, 0) is 28.5 Å². The molecule has 6 aliphatic rings. The fourth-order valence-electron chi connectivity index (χ4n) is 14.3. The molecule has 12 atom stereocenters. The monoisotopic (exact) mass is 841 g/mol. The topological polar surface area (TPSA) is 95.1 Å². The van der Waals surface area contributed by atoms with Gasteiger partial charge in [-0.05, 0) is 148 Å². The van der Waals surface area contributed by atoms with Crippen molar-refractivity contribution in [1.29, 1.82) is 0 Å². The lowest BCUT2D eigenvalue weighted by atomic mass is 9.73. The number of nitrogens with one attached hydrogen (secondary N) is 2. The van der Waals surface area contributed by atoms with Crippen molar-refractivity contribution in [2.75, 3.05) is 26.3 Å². The lowest BCUT2D eigenvalue weighted by molar-refractivity contribution is -0.155.